The first-order valence-electron chi connectivity index (χ1n) is 10.3. The molecule has 0 amide bonds. The molecule has 0 aliphatic heterocycles. The summed E-state index contributed by atoms with van der Waals surface area (Å²) >= 11 is 0. The molecule has 1 aliphatic rings. The van der Waals surface area contributed by atoms with Gasteiger partial charge in [-0.05, 0) is 39.4 Å². The second kappa shape index (κ2) is 6.58. The van der Waals surface area contributed by atoms with Crippen molar-refractivity contribution >= 4 is 10.8 Å². The van der Waals surface area contributed by atoms with Crippen molar-refractivity contribution < 1.29 is 18.9 Å². The Labute approximate surface area is 183 Å². The topological polar surface area (TPSA) is 0 Å². The Morgan fingerprint density at radius 3 is 2.07 bits per heavy atom. The third-order valence-electron chi connectivity index (χ3n) is 6.48. The van der Waals surface area contributed by atoms with Gasteiger partial charge in [0.05, 0.1) is 0 Å². The smallest absolute Gasteiger partial charge is 0.165 e. The summed E-state index contributed by atoms with van der Waals surface area (Å²) in [7, 11) is 0. The maximum absolute atomic E-state index is 2.47. The van der Waals surface area contributed by atoms with Crippen LogP contribution in [-0.4, -0.2) is 0 Å². The van der Waals surface area contributed by atoms with Crippen molar-refractivity contribution in [1.29, 1.82) is 0 Å². The fourth-order valence-electron chi connectivity index (χ4n) is 5.47. The van der Waals surface area contributed by atoms with E-state index < -0.39 is 0 Å². The second-order valence-electron chi connectivity index (χ2n) is 11.0. The van der Waals surface area contributed by atoms with Crippen LogP contribution in [0, 0.1) is 6.92 Å². The van der Waals surface area contributed by atoms with Crippen LogP contribution in [-0.2, 0) is 16.2 Å². The first-order chi connectivity index (χ1) is 12.4. The molecule has 0 saturated heterocycles. The van der Waals surface area contributed by atoms with Crippen LogP contribution in [0.15, 0.2) is 42.5 Å². The molecule has 0 unspecified atom stereocenters. The van der Waals surface area contributed by atoms with Gasteiger partial charge < -0.3 is 0 Å². The molecule has 0 spiro atoms. The van der Waals surface area contributed by atoms with Crippen LogP contribution >= 0.6 is 0 Å². The van der Waals surface area contributed by atoms with Crippen molar-refractivity contribution in [3.05, 3.63) is 64.7 Å². The first kappa shape index (κ1) is 21.4. The maximum Gasteiger partial charge on any atom is 1.00 e. The molecule has 1 heteroatoms. The maximum atomic E-state index is 2.47. The van der Waals surface area contributed by atoms with Crippen LogP contribution in [0.4, 0.5) is 0 Å². The summed E-state index contributed by atoms with van der Waals surface area (Å²) in [4.78, 5) is 0. The molecule has 0 heterocycles. The molecule has 3 aromatic carbocycles. The predicted octanol–water partition coefficient (Wildman–Crippen LogP) is 4.79. The van der Waals surface area contributed by atoms with E-state index in [1.54, 1.807) is 11.1 Å². The van der Waals surface area contributed by atoms with Gasteiger partial charge in [0.2, 0.25) is 0 Å². The Balaban J connectivity index is 0.00000225. The monoisotopic (exact) mass is 364 g/mol. The third kappa shape index (κ3) is 3.30. The molecule has 0 nitrogen and oxygen atoms in total. The molecule has 4 rings (SSSR count). The minimum Gasteiger partial charge on any atom is -0.165 e. The summed E-state index contributed by atoms with van der Waals surface area (Å²) in [6.07, 6.45) is 1.20. The molecular formula is C27H33Li. The van der Waals surface area contributed by atoms with Gasteiger partial charge >= 0.3 is 18.9 Å². The normalized spacial score (nSPS) is 17.4. The van der Waals surface area contributed by atoms with Gasteiger partial charge in [-0.2, -0.15) is 6.07 Å². The minimum absolute atomic E-state index is 0. The number of rotatable bonds is 1. The Morgan fingerprint density at radius 2 is 1.50 bits per heavy atom. The molecule has 0 saturated carbocycles. The zero-order chi connectivity index (χ0) is 19.8. The molecule has 142 valence electrons. The summed E-state index contributed by atoms with van der Waals surface area (Å²) in [6.45, 7) is 18.7. The molecule has 1 aliphatic carbocycles. The van der Waals surface area contributed by atoms with E-state index in [9.17, 15) is 0 Å². The van der Waals surface area contributed by atoms with Gasteiger partial charge in [-0.25, -0.2) is 0 Å². The van der Waals surface area contributed by atoms with Crippen LogP contribution in [0.5, 0.6) is 0 Å². The number of fused-ring (bicyclic) bond motifs is 2. The zero-order valence-corrected chi connectivity index (χ0v) is 19.2. The van der Waals surface area contributed by atoms with Crippen molar-refractivity contribution in [3.8, 4) is 11.1 Å². The Kier molecular flexibility index (Phi) is 5.02. The minimum atomic E-state index is 0. The van der Waals surface area contributed by atoms with Gasteiger partial charge in [0, 0.05) is 0 Å². The fourth-order valence-corrected chi connectivity index (χ4v) is 5.47. The van der Waals surface area contributed by atoms with E-state index in [-0.39, 0.29) is 35.1 Å². The fraction of sp³-hybridized carbons (Fsp3) is 0.444. The van der Waals surface area contributed by atoms with Gasteiger partial charge in [-0.1, -0.05) is 90.8 Å². The van der Waals surface area contributed by atoms with E-state index >= 15 is 0 Å². The van der Waals surface area contributed by atoms with Crippen LogP contribution in [0.25, 0.3) is 21.9 Å². The standard InChI is InChI=1S/C27H33.Li/c1-17-13-19-15-22-24(27(7,8)16-26(22,5)6)23(21(19)14-17)18-9-11-20(12-10-18)25(2,3)4;/h9-15H,16H2,1-8H3;/q-1;+1. The van der Waals surface area contributed by atoms with Gasteiger partial charge in [-0.15, -0.1) is 28.5 Å². The zero-order valence-electron chi connectivity index (χ0n) is 19.2. The van der Waals surface area contributed by atoms with E-state index in [4.69, 9.17) is 0 Å². The average Bonchev–Trinajstić information content (AvgIpc) is 2.98. The summed E-state index contributed by atoms with van der Waals surface area (Å²) in [5.74, 6) is 0. The van der Waals surface area contributed by atoms with Crippen molar-refractivity contribution in [2.24, 2.45) is 0 Å². The Morgan fingerprint density at radius 1 is 0.893 bits per heavy atom. The molecule has 0 atom stereocenters. The van der Waals surface area contributed by atoms with E-state index in [2.05, 4.69) is 97.9 Å². The molecule has 0 bridgehead atoms. The molecule has 0 fully saturated rings. The largest absolute Gasteiger partial charge is 1.00 e. The Bertz CT molecular complexity index is 1020. The number of aryl methyl sites for hydroxylation is 1. The van der Waals surface area contributed by atoms with Gasteiger partial charge in [0.1, 0.15) is 0 Å². The summed E-state index contributed by atoms with van der Waals surface area (Å²) < 4.78 is 0. The molecule has 0 N–H and O–H groups in total. The van der Waals surface area contributed by atoms with E-state index in [1.165, 1.54) is 39.4 Å². The number of hydrogen-bond acceptors (Lipinski definition) is 0. The average molecular weight is 365 g/mol. The van der Waals surface area contributed by atoms with Crippen molar-refractivity contribution in [2.75, 3.05) is 0 Å². The van der Waals surface area contributed by atoms with E-state index in [0.717, 1.165) is 0 Å². The molecule has 0 radical (unpaired) electrons. The number of benzene rings is 2. The van der Waals surface area contributed by atoms with Gasteiger partial charge in [0.25, 0.3) is 0 Å². The molecular weight excluding hydrogens is 331 g/mol. The third-order valence-corrected chi connectivity index (χ3v) is 6.48. The van der Waals surface area contributed by atoms with Crippen LogP contribution in [0.3, 0.4) is 0 Å². The van der Waals surface area contributed by atoms with Crippen LogP contribution in [0.2, 0.25) is 0 Å². The SMILES string of the molecule is Cc1cc2c(-c3ccc(C(C)(C)C)cc3)c3c(cc2[cH-]1)C(C)(C)CC3(C)C.[Li+]. The quantitative estimate of drug-likeness (QED) is 0.430. The van der Waals surface area contributed by atoms with Gasteiger partial charge in [-0.3, -0.25) is 0 Å². The summed E-state index contributed by atoms with van der Waals surface area (Å²) in [5.41, 5.74) is 9.28. The second-order valence-corrected chi connectivity index (χ2v) is 11.0. The van der Waals surface area contributed by atoms with E-state index in [1.807, 2.05) is 0 Å². The summed E-state index contributed by atoms with van der Waals surface area (Å²) in [5, 5.41) is 2.81. The van der Waals surface area contributed by atoms with E-state index in [0.29, 0.717) is 0 Å². The first-order valence-corrected chi connectivity index (χ1v) is 10.3. The van der Waals surface area contributed by atoms with Crippen molar-refractivity contribution in [1.82, 2.24) is 0 Å². The summed E-state index contributed by atoms with van der Waals surface area (Å²) in [6, 6.07) is 16.5. The predicted molar refractivity (Wildman–Crippen MR) is 119 cm³/mol. The number of hydrogen-bond donors (Lipinski definition) is 0. The van der Waals surface area contributed by atoms with Crippen LogP contribution in [0.1, 0.15) is 77.1 Å². The van der Waals surface area contributed by atoms with Crippen LogP contribution < -0.4 is 18.9 Å². The Hall–Kier alpha value is -1.35. The molecule has 0 aromatic heterocycles. The van der Waals surface area contributed by atoms with Crippen molar-refractivity contribution in [2.45, 2.75) is 78.1 Å². The van der Waals surface area contributed by atoms with Crippen molar-refractivity contribution in [3.63, 3.8) is 0 Å². The molecule has 28 heavy (non-hydrogen) atoms. The van der Waals surface area contributed by atoms with Gasteiger partial charge in [0.15, 0.2) is 0 Å². The molecule has 3 aromatic rings.